The van der Waals surface area contributed by atoms with Crippen molar-refractivity contribution < 1.29 is 4.39 Å². The predicted octanol–water partition coefficient (Wildman–Crippen LogP) is 2.15. The van der Waals surface area contributed by atoms with Gasteiger partial charge in [-0.3, -0.25) is 0 Å². The normalized spacial score (nSPS) is 9.80. The highest BCUT2D eigenvalue weighted by Crippen LogP contribution is 2.14. The van der Waals surface area contributed by atoms with Crippen LogP contribution in [0.4, 0.5) is 10.1 Å². The molecule has 1 nitrogen and oxygen atoms in total. The van der Waals surface area contributed by atoms with E-state index in [1.165, 1.54) is 12.1 Å². The maximum absolute atomic E-state index is 12.4. The predicted molar refractivity (Wildman–Crippen MR) is 40.4 cm³/mol. The number of hydrogen-bond acceptors (Lipinski definition) is 1. The smallest absolute Gasteiger partial charge is 0.125 e. The molecule has 0 saturated heterocycles. The Morgan fingerprint density at radius 2 is 2.20 bits per heavy atom. The van der Waals surface area contributed by atoms with Crippen molar-refractivity contribution in [2.75, 3.05) is 5.73 Å². The minimum Gasteiger partial charge on any atom is -0.398 e. The second-order valence-electron chi connectivity index (χ2n) is 1.98. The van der Waals surface area contributed by atoms with Gasteiger partial charge in [-0.05, 0) is 17.7 Å². The summed E-state index contributed by atoms with van der Waals surface area (Å²) in [5.74, 6) is -0.00193. The first kappa shape index (κ1) is 7.35. The van der Waals surface area contributed by atoms with E-state index in [0.717, 1.165) is 5.56 Å². The van der Waals surface area contributed by atoms with E-state index in [2.05, 4.69) is 0 Å². The molecule has 0 heterocycles. The van der Waals surface area contributed by atoms with Crippen molar-refractivity contribution >= 4 is 17.3 Å². The number of nitrogens with two attached hydrogens (primary N) is 1. The first-order chi connectivity index (χ1) is 4.74. The molecule has 0 aliphatic rings. The number of halogens is 2. The van der Waals surface area contributed by atoms with E-state index in [1.807, 2.05) is 0 Å². The zero-order chi connectivity index (χ0) is 7.56. The molecule has 0 aromatic heterocycles. The molecular weight excluding hydrogens is 153 g/mol. The minimum atomic E-state index is -0.327. The third-order valence-corrected chi connectivity index (χ3v) is 1.54. The number of anilines is 1. The molecule has 0 fully saturated rings. The molecule has 0 amide bonds. The third kappa shape index (κ3) is 1.39. The second-order valence-corrected chi connectivity index (χ2v) is 2.24. The van der Waals surface area contributed by atoms with Crippen LogP contribution in [0.1, 0.15) is 5.56 Å². The SMILES string of the molecule is Nc1cc(F)ccc1CCl. The number of hydrogen-bond donors (Lipinski definition) is 1. The molecule has 0 aliphatic carbocycles. The van der Waals surface area contributed by atoms with Gasteiger partial charge in [0.2, 0.25) is 0 Å². The van der Waals surface area contributed by atoms with Crippen LogP contribution in [0.2, 0.25) is 0 Å². The van der Waals surface area contributed by atoms with Crippen molar-refractivity contribution in [3.05, 3.63) is 29.6 Å². The number of alkyl halides is 1. The number of nitrogen functional groups attached to an aromatic ring is 1. The van der Waals surface area contributed by atoms with Crippen LogP contribution in [0, 0.1) is 5.82 Å². The Morgan fingerprint density at radius 3 is 2.70 bits per heavy atom. The fourth-order valence-corrected chi connectivity index (χ4v) is 0.931. The third-order valence-electron chi connectivity index (χ3n) is 1.25. The van der Waals surface area contributed by atoms with Crippen LogP contribution in [-0.2, 0) is 5.88 Å². The fourth-order valence-electron chi connectivity index (χ4n) is 0.687. The van der Waals surface area contributed by atoms with Gasteiger partial charge in [0, 0.05) is 11.6 Å². The van der Waals surface area contributed by atoms with Gasteiger partial charge in [-0.2, -0.15) is 0 Å². The standard InChI is InChI=1S/C7H7ClFN/c8-4-5-1-2-6(9)3-7(5)10/h1-3H,4,10H2. The van der Waals surface area contributed by atoms with Crippen LogP contribution < -0.4 is 5.73 Å². The summed E-state index contributed by atoms with van der Waals surface area (Å²) in [6.45, 7) is 0. The van der Waals surface area contributed by atoms with Gasteiger partial charge in [-0.15, -0.1) is 11.6 Å². The summed E-state index contributed by atoms with van der Waals surface area (Å²) >= 11 is 5.48. The molecule has 2 N–H and O–H groups in total. The van der Waals surface area contributed by atoms with E-state index in [0.29, 0.717) is 11.6 Å². The van der Waals surface area contributed by atoms with Gasteiger partial charge >= 0.3 is 0 Å². The maximum Gasteiger partial charge on any atom is 0.125 e. The Morgan fingerprint density at radius 1 is 1.50 bits per heavy atom. The summed E-state index contributed by atoms with van der Waals surface area (Å²) in [7, 11) is 0. The van der Waals surface area contributed by atoms with Gasteiger partial charge in [-0.25, -0.2) is 4.39 Å². The summed E-state index contributed by atoms with van der Waals surface area (Å²) in [5.41, 5.74) is 6.59. The highest BCUT2D eigenvalue weighted by atomic mass is 35.5. The highest BCUT2D eigenvalue weighted by molar-refractivity contribution is 6.17. The van der Waals surface area contributed by atoms with Crippen LogP contribution in [0.15, 0.2) is 18.2 Å². The largest absolute Gasteiger partial charge is 0.398 e. The van der Waals surface area contributed by atoms with E-state index >= 15 is 0 Å². The van der Waals surface area contributed by atoms with Gasteiger partial charge in [0.25, 0.3) is 0 Å². The summed E-state index contributed by atoms with van der Waals surface area (Å²) in [4.78, 5) is 0. The van der Waals surface area contributed by atoms with E-state index in [4.69, 9.17) is 17.3 Å². The molecule has 1 rings (SSSR count). The van der Waals surface area contributed by atoms with E-state index in [1.54, 1.807) is 6.07 Å². The van der Waals surface area contributed by atoms with Gasteiger partial charge in [-0.1, -0.05) is 6.07 Å². The molecule has 1 aromatic rings. The molecule has 0 bridgehead atoms. The Bertz CT molecular complexity index is 237. The molecule has 0 saturated carbocycles. The Hall–Kier alpha value is -0.760. The van der Waals surface area contributed by atoms with E-state index in [-0.39, 0.29) is 5.82 Å². The Kier molecular flexibility index (Phi) is 2.12. The van der Waals surface area contributed by atoms with Crippen LogP contribution in [0.5, 0.6) is 0 Å². The van der Waals surface area contributed by atoms with Crippen molar-refractivity contribution in [1.82, 2.24) is 0 Å². The van der Waals surface area contributed by atoms with Crippen LogP contribution in [0.3, 0.4) is 0 Å². The lowest BCUT2D eigenvalue weighted by molar-refractivity contribution is 0.628. The fraction of sp³-hybridized carbons (Fsp3) is 0.143. The minimum absolute atomic E-state index is 0.326. The summed E-state index contributed by atoms with van der Waals surface area (Å²) in [6.07, 6.45) is 0. The van der Waals surface area contributed by atoms with Crippen molar-refractivity contribution in [1.29, 1.82) is 0 Å². The topological polar surface area (TPSA) is 26.0 Å². The van der Waals surface area contributed by atoms with Crippen molar-refractivity contribution in [3.8, 4) is 0 Å². The van der Waals surface area contributed by atoms with Crippen molar-refractivity contribution in [2.45, 2.75) is 5.88 Å². The molecule has 0 atom stereocenters. The Balaban J connectivity index is 3.07. The first-order valence-corrected chi connectivity index (χ1v) is 3.37. The molecule has 10 heavy (non-hydrogen) atoms. The molecule has 0 unspecified atom stereocenters. The van der Waals surface area contributed by atoms with Crippen molar-refractivity contribution in [3.63, 3.8) is 0 Å². The summed E-state index contributed by atoms with van der Waals surface area (Å²) in [6, 6.07) is 4.18. The Labute approximate surface area is 63.6 Å². The molecule has 54 valence electrons. The van der Waals surface area contributed by atoms with Gasteiger partial charge in [0.15, 0.2) is 0 Å². The highest BCUT2D eigenvalue weighted by Gasteiger charge is 1.97. The number of benzene rings is 1. The summed E-state index contributed by atoms with van der Waals surface area (Å²) < 4.78 is 12.4. The van der Waals surface area contributed by atoms with E-state index in [9.17, 15) is 4.39 Å². The monoisotopic (exact) mass is 159 g/mol. The lowest BCUT2D eigenvalue weighted by Gasteiger charge is -1.99. The number of rotatable bonds is 1. The average Bonchev–Trinajstić information content (AvgIpc) is 1.88. The first-order valence-electron chi connectivity index (χ1n) is 2.84. The lowest BCUT2D eigenvalue weighted by Crippen LogP contribution is -1.91. The quantitative estimate of drug-likeness (QED) is 0.493. The van der Waals surface area contributed by atoms with E-state index < -0.39 is 0 Å². The van der Waals surface area contributed by atoms with Crippen LogP contribution >= 0.6 is 11.6 Å². The molecule has 0 spiro atoms. The van der Waals surface area contributed by atoms with Crippen LogP contribution in [0.25, 0.3) is 0 Å². The van der Waals surface area contributed by atoms with Gasteiger partial charge in [0.05, 0.1) is 0 Å². The molecule has 0 aliphatic heterocycles. The van der Waals surface area contributed by atoms with Gasteiger partial charge < -0.3 is 5.73 Å². The zero-order valence-corrected chi connectivity index (χ0v) is 6.03. The van der Waals surface area contributed by atoms with Crippen molar-refractivity contribution in [2.24, 2.45) is 0 Å². The van der Waals surface area contributed by atoms with Gasteiger partial charge in [0.1, 0.15) is 5.82 Å². The molecule has 3 heteroatoms. The lowest BCUT2D eigenvalue weighted by atomic mass is 10.2. The molecule has 0 radical (unpaired) electrons. The summed E-state index contributed by atoms with van der Waals surface area (Å²) in [5, 5.41) is 0. The molecular formula is C7H7ClFN. The molecule has 1 aromatic carbocycles. The van der Waals surface area contributed by atoms with Crippen LogP contribution in [-0.4, -0.2) is 0 Å². The maximum atomic E-state index is 12.4. The second kappa shape index (κ2) is 2.88. The average molecular weight is 160 g/mol. The zero-order valence-electron chi connectivity index (χ0n) is 5.27.